The lowest BCUT2D eigenvalue weighted by molar-refractivity contribution is -0.767. The molecule has 2 aliphatic heterocycles. The van der Waals surface area contributed by atoms with Crippen LogP contribution in [-0.4, -0.2) is 69.5 Å². The Labute approximate surface area is 126 Å². The largest absolute Gasteiger partial charge is 0.419 e. The predicted molar refractivity (Wildman–Crippen MR) is 60.3 cm³/mol. The number of hydrazine groups is 6. The molecule has 2 rings (SSSR count). The smallest absolute Gasteiger partial charge is 0.234 e. The van der Waals surface area contributed by atoms with E-state index in [2.05, 4.69) is 5.10 Å². The Morgan fingerprint density at radius 2 is 1.46 bits per heavy atom. The van der Waals surface area contributed by atoms with Crippen LogP contribution in [0.1, 0.15) is 0 Å². The molecule has 2 aliphatic rings. The molecule has 0 aromatic carbocycles. The van der Waals surface area contributed by atoms with Gasteiger partial charge in [-0.15, -0.1) is 0 Å². The van der Waals surface area contributed by atoms with Gasteiger partial charge in [0.15, 0.2) is 25.2 Å². The van der Waals surface area contributed by atoms with Crippen LogP contribution in [0, 0.1) is 50.6 Å². The molecule has 2 heterocycles. The minimum Gasteiger partial charge on any atom is -0.234 e. The summed E-state index contributed by atoms with van der Waals surface area (Å²) in [6, 6.07) is 0. The van der Waals surface area contributed by atoms with E-state index in [1.807, 2.05) is 0 Å². The third kappa shape index (κ3) is 2.21. The highest BCUT2D eigenvalue weighted by Crippen LogP contribution is 2.32. The molecule has 0 aromatic rings. The molecule has 0 aromatic heterocycles. The van der Waals surface area contributed by atoms with Crippen LogP contribution in [0.2, 0.25) is 0 Å². The van der Waals surface area contributed by atoms with Gasteiger partial charge in [0.1, 0.15) is 5.10 Å². The maximum atomic E-state index is 11.1. The van der Waals surface area contributed by atoms with Crippen molar-refractivity contribution < 1.29 is 25.2 Å². The van der Waals surface area contributed by atoms with Gasteiger partial charge in [-0.3, -0.25) is 0 Å². The topological polar surface area (TPSA) is 244 Å². The van der Waals surface area contributed by atoms with Crippen LogP contribution in [0.4, 0.5) is 0 Å². The first-order valence-corrected chi connectivity index (χ1v) is 5.30. The van der Waals surface area contributed by atoms with Gasteiger partial charge in [-0.2, -0.15) is 0 Å². The van der Waals surface area contributed by atoms with E-state index in [0.717, 1.165) is 0 Å². The number of hydrogen-bond donors (Lipinski definition) is 0. The van der Waals surface area contributed by atoms with E-state index in [0.29, 0.717) is 0 Å². The van der Waals surface area contributed by atoms with Crippen molar-refractivity contribution in [2.75, 3.05) is 6.67 Å². The van der Waals surface area contributed by atoms with Crippen molar-refractivity contribution in [3.8, 4) is 0 Å². The third-order valence-corrected chi connectivity index (χ3v) is 2.68. The Hall–Kier alpha value is -4.17. The number of nitro groups is 5. The Morgan fingerprint density at radius 1 is 0.875 bits per heavy atom. The van der Waals surface area contributed by atoms with Crippen LogP contribution < -0.4 is 0 Å². The zero-order valence-electron chi connectivity index (χ0n) is 10.8. The Kier molecular flexibility index (Phi) is 3.53. The average Bonchev–Trinajstić information content (AvgIpc) is 2.91. The summed E-state index contributed by atoms with van der Waals surface area (Å²) in [5, 5.41) is 48.3. The number of rotatable bonds is 5. The Bertz CT molecular complexity index is 627. The molecule has 0 bridgehead atoms. The zero-order chi connectivity index (χ0) is 18.3. The van der Waals surface area contributed by atoms with Gasteiger partial charge < -0.3 is 0 Å². The molecule has 2 fully saturated rings. The van der Waals surface area contributed by atoms with Crippen LogP contribution in [0.5, 0.6) is 0 Å². The number of guanidine groups is 1. The fourth-order valence-corrected chi connectivity index (χ4v) is 1.94. The summed E-state index contributed by atoms with van der Waals surface area (Å²) >= 11 is 0. The molecule has 21 heteroatoms. The van der Waals surface area contributed by atoms with E-state index >= 15 is 0 Å². The van der Waals surface area contributed by atoms with E-state index < -0.39 is 54.2 Å². The Morgan fingerprint density at radius 3 is 1.83 bits per heavy atom. The van der Waals surface area contributed by atoms with E-state index in [1.165, 1.54) is 0 Å². The predicted octanol–water partition coefficient (Wildman–Crippen LogP) is -3.09. The second kappa shape index (κ2) is 5.23. The summed E-state index contributed by atoms with van der Waals surface area (Å²) in [6.45, 7) is -1.22. The maximum absolute atomic E-state index is 11.1. The van der Waals surface area contributed by atoms with Crippen molar-refractivity contribution in [1.29, 1.82) is 0 Å². The number of fused-ring (bicyclic) bond motifs is 1. The molecule has 24 heavy (non-hydrogen) atoms. The van der Waals surface area contributed by atoms with Gasteiger partial charge >= 0.3 is 12.2 Å². The normalized spacial score (nSPS) is 22.0. The summed E-state index contributed by atoms with van der Waals surface area (Å²) < 4.78 is 0. The highest BCUT2D eigenvalue weighted by Gasteiger charge is 2.72. The minimum atomic E-state index is -2.37. The molecule has 21 nitrogen and oxygen atoms in total. The molecular formula is C3H3N11O10. The van der Waals surface area contributed by atoms with Crippen molar-refractivity contribution >= 4 is 5.96 Å². The van der Waals surface area contributed by atoms with Gasteiger partial charge in [0, 0.05) is 15.2 Å². The molecule has 0 aliphatic carbocycles. The minimum absolute atomic E-state index is 0.120. The van der Waals surface area contributed by atoms with Crippen LogP contribution in [0.25, 0.3) is 0 Å². The molecule has 0 spiro atoms. The van der Waals surface area contributed by atoms with Crippen molar-refractivity contribution in [1.82, 2.24) is 25.4 Å². The molecule has 130 valence electrons. The fourth-order valence-electron chi connectivity index (χ4n) is 1.94. The van der Waals surface area contributed by atoms with Crippen LogP contribution >= 0.6 is 0 Å². The van der Waals surface area contributed by atoms with E-state index in [1.54, 1.807) is 0 Å². The molecule has 0 N–H and O–H groups in total. The van der Waals surface area contributed by atoms with Gasteiger partial charge in [0.2, 0.25) is 6.67 Å². The molecule has 2 saturated heterocycles. The molecule has 0 amide bonds. The summed E-state index contributed by atoms with van der Waals surface area (Å²) in [5.74, 6) is -1.60. The average molecular weight is 353 g/mol. The van der Waals surface area contributed by atoms with Crippen molar-refractivity contribution in [2.45, 2.75) is 6.29 Å². The van der Waals surface area contributed by atoms with Gasteiger partial charge in [-0.05, 0) is 0 Å². The molecule has 0 saturated carbocycles. The third-order valence-electron chi connectivity index (χ3n) is 2.68. The first-order valence-electron chi connectivity index (χ1n) is 5.30. The molecular weight excluding hydrogens is 350 g/mol. The van der Waals surface area contributed by atoms with Crippen LogP contribution in [0.15, 0.2) is 5.10 Å². The first kappa shape index (κ1) is 16.2. The zero-order valence-corrected chi connectivity index (χ0v) is 10.8. The van der Waals surface area contributed by atoms with Crippen LogP contribution in [0.3, 0.4) is 0 Å². The number of hydrogen-bond acceptors (Lipinski definition) is 11. The molecule has 0 radical (unpaired) electrons. The lowest BCUT2D eigenvalue weighted by Crippen LogP contribution is -2.53. The van der Waals surface area contributed by atoms with Gasteiger partial charge in [0.05, 0.1) is 5.12 Å². The summed E-state index contributed by atoms with van der Waals surface area (Å²) in [6.07, 6.45) is -2.37. The highest BCUT2D eigenvalue weighted by molar-refractivity contribution is 5.78. The fraction of sp³-hybridized carbons (Fsp3) is 0.667. The van der Waals surface area contributed by atoms with Crippen LogP contribution in [-0.2, 0) is 0 Å². The van der Waals surface area contributed by atoms with Gasteiger partial charge in [-0.25, -0.2) is 50.6 Å². The monoisotopic (exact) mass is 353 g/mol. The van der Waals surface area contributed by atoms with E-state index in [-0.39, 0.29) is 15.2 Å². The maximum Gasteiger partial charge on any atom is 0.419 e. The SMILES string of the molecule is O=[N+]([O-])/N=C1/N([N+](=O)[O-])C2N(N([N+](=O)[O-])CN2[N+](=O)[O-])N1[N+](=O)[O-]. The Balaban J connectivity index is 2.68. The van der Waals surface area contributed by atoms with E-state index in [4.69, 9.17) is 0 Å². The number of nitrogens with zero attached hydrogens (tertiary/aromatic N) is 11. The summed E-state index contributed by atoms with van der Waals surface area (Å²) in [4.78, 5) is 54.4. The lowest BCUT2D eigenvalue weighted by atomic mass is 10.7. The quantitative estimate of drug-likeness (QED) is 0.351. The summed E-state index contributed by atoms with van der Waals surface area (Å²) in [7, 11) is 0. The van der Waals surface area contributed by atoms with E-state index in [9.17, 15) is 50.6 Å². The van der Waals surface area contributed by atoms with Crippen molar-refractivity contribution in [3.05, 3.63) is 50.6 Å². The number of hydrazone groups is 1. The standard InChI is InChI=1S/C3H3N11O10/c15-10(16)4-2-7(13(21)22)3-5(11(17)18)1-6(12(19)20)9(3)8(2)14(23)24/h3H,1H2/b4-2-. The summed E-state index contributed by atoms with van der Waals surface area (Å²) in [5.41, 5.74) is 0. The molecule has 1 atom stereocenters. The van der Waals surface area contributed by atoms with Crippen molar-refractivity contribution in [3.63, 3.8) is 0 Å². The molecule has 1 unspecified atom stereocenters. The lowest BCUT2D eigenvalue weighted by Gasteiger charge is -2.16. The second-order valence-electron chi connectivity index (χ2n) is 3.84. The first-order chi connectivity index (χ1) is 11.1. The van der Waals surface area contributed by atoms with Gasteiger partial charge in [-0.1, -0.05) is 5.01 Å². The highest BCUT2D eigenvalue weighted by atomic mass is 16.8. The second-order valence-corrected chi connectivity index (χ2v) is 3.84. The van der Waals surface area contributed by atoms with Gasteiger partial charge in [0.25, 0.3) is 0 Å². The van der Waals surface area contributed by atoms with Crippen molar-refractivity contribution in [2.24, 2.45) is 5.10 Å².